The molecule has 0 spiro atoms. The van der Waals surface area contributed by atoms with Gasteiger partial charge in [-0.25, -0.2) is 4.79 Å². The predicted molar refractivity (Wildman–Crippen MR) is 299 cm³/mol. The maximum Gasteiger partial charge on any atom is 0.335 e. The van der Waals surface area contributed by atoms with Crippen molar-refractivity contribution in [2.24, 2.45) is 23.7 Å². The number of aliphatic hydroxyl groups excluding tert-OH is 17. The van der Waals surface area contributed by atoms with Crippen LogP contribution in [0.4, 0.5) is 0 Å². The molecular formula is C59H90O36. The van der Waals surface area contributed by atoms with E-state index in [1.54, 1.807) is 0 Å². The summed E-state index contributed by atoms with van der Waals surface area (Å²) in [6, 6.07) is 0. The summed E-state index contributed by atoms with van der Waals surface area (Å²) in [5, 5.41) is 194. The van der Waals surface area contributed by atoms with E-state index in [0.717, 1.165) is 6.92 Å². The summed E-state index contributed by atoms with van der Waals surface area (Å²) in [5.41, 5.74) is 0. The van der Waals surface area contributed by atoms with Crippen LogP contribution in [0.3, 0.4) is 0 Å². The van der Waals surface area contributed by atoms with Gasteiger partial charge < -0.3 is 153 Å². The van der Waals surface area contributed by atoms with Gasteiger partial charge in [0.25, 0.3) is 0 Å². The Hall–Kier alpha value is -3.53. The molecule has 18 N–H and O–H groups in total. The Morgan fingerprint density at radius 3 is 1.75 bits per heavy atom. The van der Waals surface area contributed by atoms with E-state index in [1.165, 1.54) is 0 Å². The standard InChI is InChI=1S/C59H90O36/c1-18(62)84-50-40(73)34(91-57(47(50)80)88-31-13-24-26(66)9-22(64)10-29(24)86-48(31)20-4-7-25(65)27(67)8-20)17-83-35(69)14-36(70)92-53-45(78)44(77)52(55(81)82)94-58(53)85-23-11-28(68)37-30(12-23)87-49(19-2-5-21(63)6-3-19)51(41(37)74)93-59-54(43(76)39(72)33(16-61)90-59)95-56-46(79)42(75)38(71)32(15-60)89-56/h19-34,37-40,42-54,56-61,63-68,71-73,75-80H,2-17H2,1H3,(H,81,82). The van der Waals surface area contributed by atoms with E-state index in [-0.39, 0.29) is 64.2 Å². The number of ketones is 1. The number of carbonyl (C=O) groups excluding carboxylic acids is 4. The zero-order valence-corrected chi connectivity index (χ0v) is 51.6. The molecule has 10 fully saturated rings. The van der Waals surface area contributed by atoms with Gasteiger partial charge in [0.2, 0.25) is 0 Å². The third-order valence-corrected chi connectivity index (χ3v) is 20.3. The fraction of sp³-hybridized carbons (Fsp3) is 0.915. The van der Waals surface area contributed by atoms with Gasteiger partial charge in [0, 0.05) is 25.7 Å². The fourth-order valence-corrected chi connectivity index (χ4v) is 15.2. The average molecular weight is 1380 g/mol. The average Bonchev–Trinajstić information content (AvgIpc) is 0.764. The second-order valence-electron chi connectivity index (χ2n) is 26.8. The number of fused-ring (bicyclic) bond motifs is 2. The third kappa shape index (κ3) is 16.3. The number of carboxylic acids is 1. The van der Waals surface area contributed by atoms with Gasteiger partial charge in [0.15, 0.2) is 49.3 Å². The van der Waals surface area contributed by atoms with Crippen molar-refractivity contribution in [1.82, 2.24) is 0 Å². The highest BCUT2D eigenvalue weighted by Gasteiger charge is 2.60. The first-order valence-electron chi connectivity index (χ1n) is 32.3. The summed E-state index contributed by atoms with van der Waals surface area (Å²) < 4.78 is 76.6. The minimum Gasteiger partial charge on any atom is -0.479 e. The van der Waals surface area contributed by atoms with Gasteiger partial charge in [0.1, 0.15) is 98.5 Å². The molecule has 0 aromatic carbocycles. The molecule has 0 amide bonds. The van der Waals surface area contributed by atoms with E-state index in [2.05, 4.69) is 0 Å². The van der Waals surface area contributed by atoms with Crippen LogP contribution in [0.15, 0.2) is 0 Å². The lowest BCUT2D eigenvalue weighted by molar-refractivity contribution is -0.375. The number of aliphatic carboxylic acids is 1. The molecule has 6 heterocycles. The van der Waals surface area contributed by atoms with E-state index in [0.29, 0.717) is 6.42 Å². The van der Waals surface area contributed by atoms with Crippen molar-refractivity contribution in [2.45, 2.75) is 293 Å². The number of hydrogen-bond acceptors (Lipinski definition) is 35. The maximum absolute atomic E-state index is 15.0. The molecule has 6 saturated heterocycles. The Morgan fingerprint density at radius 1 is 0.463 bits per heavy atom. The molecule has 0 radical (unpaired) electrons. The van der Waals surface area contributed by atoms with E-state index >= 15 is 0 Å². The lowest BCUT2D eigenvalue weighted by atomic mass is 9.72. The summed E-state index contributed by atoms with van der Waals surface area (Å²) in [4.78, 5) is 66.8. The van der Waals surface area contributed by atoms with Crippen molar-refractivity contribution in [3.8, 4) is 0 Å². The Kier molecular flexibility index (Phi) is 24.6. The Morgan fingerprint density at radius 2 is 1.08 bits per heavy atom. The zero-order chi connectivity index (χ0) is 68.8. The molecule has 10 rings (SSSR count). The molecule has 4 aliphatic carbocycles. The fourth-order valence-electron chi connectivity index (χ4n) is 15.2. The lowest BCUT2D eigenvalue weighted by Crippen LogP contribution is -2.67. The second-order valence-corrected chi connectivity index (χ2v) is 26.8. The number of rotatable bonds is 19. The van der Waals surface area contributed by atoms with Crippen molar-refractivity contribution in [3.05, 3.63) is 0 Å². The molecule has 36 nitrogen and oxygen atoms in total. The lowest BCUT2D eigenvalue weighted by Gasteiger charge is -2.51. The smallest absolute Gasteiger partial charge is 0.335 e. The number of esters is 3. The highest BCUT2D eigenvalue weighted by atomic mass is 16.8. The predicted octanol–water partition coefficient (Wildman–Crippen LogP) is -9.01. The van der Waals surface area contributed by atoms with Crippen LogP contribution in [0.5, 0.6) is 0 Å². The first-order valence-corrected chi connectivity index (χ1v) is 32.3. The number of ether oxygens (including phenoxy) is 13. The number of aliphatic hydroxyl groups is 17. The minimum absolute atomic E-state index is 0.0265. The normalized spacial score (nSPS) is 49.7. The number of Topliss-reactive ketones (excluding diaryl/α,β-unsaturated/α-hetero) is 1. The van der Waals surface area contributed by atoms with Crippen LogP contribution in [0, 0.1) is 23.7 Å². The molecule has 35 atom stereocenters. The summed E-state index contributed by atoms with van der Waals surface area (Å²) in [6.07, 6.45) is -53.9. The number of hydrogen-bond donors (Lipinski definition) is 18. The Labute approximate surface area is 541 Å². The summed E-state index contributed by atoms with van der Waals surface area (Å²) in [5.74, 6) is -9.59. The molecule has 36 heteroatoms. The number of carboxylic acid groups (broad SMARTS) is 1. The van der Waals surface area contributed by atoms with E-state index in [4.69, 9.17) is 61.6 Å². The van der Waals surface area contributed by atoms with Gasteiger partial charge in [-0.05, 0) is 76.0 Å². The molecular weight excluding hydrogens is 1280 g/mol. The number of carbonyl (C=O) groups is 5. The monoisotopic (exact) mass is 1370 g/mol. The minimum atomic E-state index is -2.32. The van der Waals surface area contributed by atoms with Crippen molar-refractivity contribution < 1.29 is 177 Å². The summed E-state index contributed by atoms with van der Waals surface area (Å²) >= 11 is 0. The molecule has 0 aromatic heterocycles. The summed E-state index contributed by atoms with van der Waals surface area (Å²) in [6.45, 7) is -1.73. The molecule has 4 saturated carbocycles. The van der Waals surface area contributed by atoms with Crippen molar-refractivity contribution >= 4 is 29.7 Å². The first-order chi connectivity index (χ1) is 45.0. The first kappa shape index (κ1) is 74.2. The van der Waals surface area contributed by atoms with Gasteiger partial charge in [-0.1, -0.05) is 0 Å². The van der Waals surface area contributed by atoms with Gasteiger partial charge in [-0.2, -0.15) is 0 Å². The highest BCUT2D eigenvalue weighted by molar-refractivity contribution is 5.91. The molecule has 10 aliphatic rings. The van der Waals surface area contributed by atoms with Crippen molar-refractivity contribution in [2.75, 3.05) is 19.8 Å². The molecule has 0 bridgehead atoms. The molecule has 0 aromatic rings. The topological polar surface area (TPSA) is 569 Å². The van der Waals surface area contributed by atoms with Crippen LogP contribution in [-0.2, 0) is 85.6 Å². The van der Waals surface area contributed by atoms with Crippen LogP contribution in [0.2, 0.25) is 0 Å². The molecule has 6 aliphatic heterocycles. The van der Waals surface area contributed by atoms with E-state index < -0.39 is 288 Å². The van der Waals surface area contributed by atoms with Gasteiger partial charge >= 0.3 is 23.9 Å². The van der Waals surface area contributed by atoms with Crippen LogP contribution in [0.25, 0.3) is 0 Å². The van der Waals surface area contributed by atoms with Crippen molar-refractivity contribution in [1.29, 1.82) is 0 Å². The molecule has 542 valence electrons. The van der Waals surface area contributed by atoms with Crippen LogP contribution in [-0.4, -0.2) is 344 Å². The molecule has 95 heavy (non-hydrogen) atoms. The third-order valence-electron chi connectivity index (χ3n) is 20.3. The van der Waals surface area contributed by atoms with Gasteiger partial charge in [0.05, 0.1) is 92.4 Å². The van der Waals surface area contributed by atoms with Crippen LogP contribution >= 0.6 is 0 Å². The molecule has 35 unspecified atom stereocenters. The maximum atomic E-state index is 15.0. The van der Waals surface area contributed by atoms with Gasteiger partial charge in [-0.3, -0.25) is 19.2 Å². The quantitative estimate of drug-likeness (QED) is 0.0324. The zero-order valence-electron chi connectivity index (χ0n) is 51.6. The second kappa shape index (κ2) is 31.6. The van der Waals surface area contributed by atoms with Crippen LogP contribution in [0.1, 0.15) is 90.4 Å². The van der Waals surface area contributed by atoms with Gasteiger partial charge in [-0.15, -0.1) is 0 Å². The van der Waals surface area contributed by atoms with Crippen molar-refractivity contribution in [3.63, 3.8) is 0 Å². The summed E-state index contributed by atoms with van der Waals surface area (Å²) in [7, 11) is 0. The Bertz CT molecular complexity index is 2580. The SMILES string of the molecule is CC(=O)OC1C(O)C(COC(=O)CC(=O)OC2C(OC3CC(O)C4C(=O)C(OC5OC(CO)C(O)C(O)C5OC5OC(CO)C(O)C(O)C5O)C(C5CCC(O)CC5)OC4C3)OC(C(=O)O)C(O)C2O)OC(OC2CC3C(O)CC(O)CC3OC2C2CCC(O)C(O)C2)C1O. The largest absolute Gasteiger partial charge is 0.479 e. The highest BCUT2D eigenvalue weighted by Crippen LogP contribution is 2.46. The van der Waals surface area contributed by atoms with Crippen LogP contribution < -0.4 is 0 Å². The van der Waals surface area contributed by atoms with E-state index in [9.17, 15) is 116 Å². The Balaban J connectivity index is 0.809. The van der Waals surface area contributed by atoms with E-state index in [1.807, 2.05) is 0 Å².